The number of carbonyl (C=O) groups is 2. The van der Waals surface area contributed by atoms with Gasteiger partial charge in [-0.1, -0.05) is 6.92 Å². The van der Waals surface area contributed by atoms with E-state index in [-0.39, 0.29) is 24.7 Å². The van der Waals surface area contributed by atoms with E-state index in [0.29, 0.717) is 5.92 Å². The molecule has 1 rings (SSSR count). The van der Waals surface area contributed by atoms with Crippen molar-refractivity contribution in [2.75, 3.05) is 13.6 Å². The largest absolute Gasteiger partial charge is 0.480 e. The molecule has 0 aromatic carbocycles. The highest BCUT2D eigenvalue weighted by Gasteiger charge is 2.35. The predicted molar refractivity (Wildman–Crippen MR) is 69.4 cm³/mol. The monoisotopic (exact) mass is 256 g/mol. The van der Waals surface area contributed by atoms with Crippen LogP contribution in [-0.4, -0.2) is 52.6 Å². The lowest BCUT2D eigenvalue weighted by Crippen LogP contribution is -2.50. The number of amides is 2. The number of carboxylic acids is 1. The van der Waals surface area contributed by atoms with Gasteiger partial charge in [-0.3, -0.25) is 4.79 Å². The zero-order valence-corrected chi connectivity index (χ0v) is 11.7. The Bertz CT molecular complexity index is 315. The molecule has 1 saturated carbocycles. The van der Waals surface area contributed by atoms with E-state index >= 15 is 0 Å². The second-order valence-corrected chi connectivity index (χ2v) is 5.25. The molecule has 104 valence electrons. The Hall–Kier alpha value is -1.26. The SMILES string of the molecule is CCC(C)N(CC(=O)O)C(=O)N(C)C(C)C1CC1. The van der Waals surface area contributed by atoms with Crippen LogP contribution in [0.2, 0.25) is 0 Å². The number of nitrogens with zero attached hydrogens (tertiary/aromatic N) is 2. The first kappa shape index (κ1) is 14.8. The summed E-state index contributed by atoms with van der Waals surface area (Å²) < 4.78 is 0. The van der Waals surface area contributed by atoms with Crippen LogP contribution >= 0.6 is 0 Å². The van der Waals surface area contributed by atoms with E-state index in [1.165, 1.54) is 17.7 Å². The summed E-state index contributed by atoms with van der Waals surface area (Å²) in [7, 11) is 1.77. The summed E-state index contributed by atoms with van der Waals surface area (Å²) in [5.74, 6) is -0.376. The lowest BCUT2D eigenvalue weighted by Gasteiger charge is -2.34. The fraction of sp³-hybridized carbons (Fsp3) is 0.846. The Morgan fingerprint density at radius 2 is 1.89 bits per heavy atom. The molecule has 1 fully saturated rings. The molecule has 2 unspecified atom stereocenters. The average Bonchev–Trinajstić information content (AvgIpc) is 3.16. The quantitative estimate of drug-likeness (QED) is 0.791. The topological polar surface area (TPSA) is 60.9 Å². The minimum atomic E-state index is -0.962. The van der Waals surface area contributed by atoms with Gasteiger partial charge in [0.25, 0.3) is 0 Å². The number of carboxylic acid groups (broad SMARTS) is 1. The molecule has 0 aliphatic heterocycles. The number of rotatable bonds is 6. The molecule has 2 atom stereocenters. The first-order valence-corrected chi connectivity index (χ1v) is 6.63. The average molecular weight is 256 g/mol. The molecular weight excluding hydrogens is 232 g/mol. The highest BCUT2D eigenvalue weighted by atomic mass is 16.4. The second kappa shape index (κ2) is 6.07. The van der Waals surface area contributed by atoms with Crippen molar-refractivity contribution in [3.8, 4) is 0 Å². The molecule has 1 aliphatic rings. The summed E-state index contributed by atoms with van der Waals surface area (Å²) in [5, 5.41) is 8.91. The van der Waals surface area contributed by atoms with E-state index in [1.807, 2.05) is 20.8 Å². The standard InChI is InChI=1S/C13H24N2O3/c1-5-9(2)15(8-12(16)17)13(18)14(4)10(3)11-6-7-11/h9-11H,5-8H2,1-4H3,(H,16,17). The van der Waals surface area contributed by atoms with Crippen molar-refractivity contribution in [3.63, 3.8) is 0 Å². The van der Waals surface area contributed by atoms with Crippen LogP contribution in [-0.2, 0) is 4.79 Å². The zero-order chi connectivity index (χ0) is 13.9. The molecule has 2 amide bonds. The minimum absolute atomic E-state index is 0.0533. The third-order valence-corrected chi connectivity index (χ3v) is 3.89. The lowest BCUT2D eigenvalue weighted by molar-refractivity contribution is -0.138. The van der Waals surface area contributed by atoms with E-state index in [9.17, 15) is 9.59 Å². The van der Waals surface area contributed by atoms with Crippen LogP contribution < -0.4 is 0 Å². The van der Waals surface area contributed by atoms with E-state index < -0.39 is 5.97 Å². The van der Waals surface area contributed by atoms with Crippen LogP contribution in [0, 0.1) is 5.92 Å². The van der Waals surface area contributed by atoms with Gasteiger partial charge >= 0.3 is 12.0 Å². The van der Waals surface area contributed by atoms with Gasteiger partial charge in [0.05, 0.1) is 0 Å². The van der Waals surface area contributed by atoms with Crippen molar-refractivity contribution in [2.45, 2.75) is 52.1 Å². The van der Waals surface area contributed by atoms with Gasteiger partial charge in [-0.2, -0.15) is 0 Å². The molecule has 1 N–H and O–H groups in total. The van der Waals surface area contributed by atoms with Crippen molar-refractivity contribution < 1.29 is 14.7 Å². The van der Waals surface area contributed by atoms with Crippen LogP contribution in [0.25, 0.3) is 0 Å². The van der Waals surface area contributed by atoms with E-state index in [0.717, 1.165) is 6.42 Å². The molecule has 0 saturated heterocycles. The molecule has 0 aromatic rings. The molecule has 0 spiro atoms. The summed E-state index contributed by atoms with van der Waals surface area (Å²) >= 11 is 0. The summed E-state index contributed by atoms with van der Waals surface area (Å²) in [4.78, 5) is 26.3. The third-order valence-electron chi connectivity index (χ3n) is 3.89. The van der Waals surface area contributed by atoms with Crippen molar-refractivity contribution in [1.82, 2.24) is 9.80 Å². The van der Waals surface area contributed by atoms with Crippen molar-refractivity contribution in [3.05, 3.63) is 0 Å². The van der Waals surface area contributed by atoms with Crippen molar-refractivity contribution >= 4 is 12.0 Å². The van der Waals surface area contributed by atoms with Crippen LogP contribution in [0.4, 0.5) is 4.79 Å². The maximum Gasteiger partial charge on any atom is 0.323 e. The molecule has 1 aliphatic carbocycles. The molecule has 5 nitrogen and oxygen atoms in total. The van der Waals surface area contributed by atoms with Crippen LogP contribution in [0.5, 0.6) is 0 Å². The summed E-state index contributed by atoms with van der Waals surface area (Å²) in [5.41, 5.74) is 0. The Morgan fingerprint density at radius 3 is 2.28 bits per heavy atom. The summed E-state index contributed by atoms with van der Waals surface area (Å²) in [6.07, 6.45) is 3.09. The van der Waals surface area contributed by atoms with Crippen LogP contribution in [0.15, 0.2) is 0 Å². The highest BCUT2D eigenvalue weighted by molar-refractivity contribution is 5.80. The zero-order valence-electron chi connectivity index (χ0n) is 11.7. The van der Waals surface area contributed by atoms with E-state index in [2.05, 4.69) is 0 Å². The fourth-order valence-electron chi connectivity index (χ4n) is 2.05. The first-order valence-electron chi connectivity index (χ1n) is 6.63. The molecule has 18 heavy (non-hydrogen) atoms. The van der Waals surface area contributed by atoms with Gasteiger partial charge in [0.2, 0.25) is 0 Å². The second-order valence-electron chi connectivity index (χ2n) is 5.25. The van der Waals surface area contributed by atoms with Crippen LogP contribution in [0.1, 0.15) is 40.0 Å². The Labute approximate surface area is 109 Å². The molecule has 0 heterocycles. The van der Waals surface area contributed by atoms with Gasteiger partial charge in [-0.25, -0.2) is 4.79 Å². The van der Waals surface area contributed by atoms with Crippen LogP contribution in [0.3, 0.4) is 0 Å². The number of carbonyl (C=O) groups excluding carboxylic acids is 1. The third kappa shape index (κ3) is 3.62. The lowest BCUT2D eigenvalue weighted by atomic mass is 10.2. The highest BCUT2D eigenvalue weighted by Crippen LogP contribution is 2.35. The Morgan fingerprint density at radius 1 is 1.33 bits per heavy atom. The summed E-state index contributed by atoms with van der Waals surface area (Å²) in [6, 6.07) is -0.0357. The Kier molecular flexibility index (Phi) is 4.99. The number of aliphatic carboxylic acids is 1. The van der Waals surface area contributed by atoms with Crippen molar-refractivity contribution in [2.24, 2.45) is 5.92 Å². The predicted octanol–water partition coefficient (Wildman–Crippen LogP) is 2.02. The number of urea groups is 1. The normalized spacial score (nSPS) is 18.0. The molecule has 0 radical (unpaired) electrons. The molecular formula is C13H24N2O3. The van der Waals surface area contributed by atoms with Gasteiger partial charge in [0.15, 0.2) is 0 Å². The number of hydrogen-bond acceptors (Lipinski definition) is 2. The Balaban J connectivity index is 2.70. The molecule has 5 heteroatoms. The molecule has 0 aromatic heterocycles. The van der Waals surface area contributed by atoms with Gasteiger partial charge in [0, 0.05) is 19.1 Å². The molecule has 0 bridgehead atoms. The number of hydrogen-bond donors (Lipinski definition) is 1. The van der Waals surface area contributed by atoms with Gasteiger partial charge < -0.3 is 14.9 Å². The minimum Gasteiger partial charge on any atom is -0.480 e. The van der Waals surface area contributed by atoms with Gasteiger partial charge in [-0.15, -0.1) is 0 Å². The maximum atomic E-state index is 12.3. The first-order chi connectivity index (χ1) is 8.38. The van der Waals surface area contributed by atoms with Gasteiger partial charge in [-0.05, 0) is 39.0 Å². The smallest absolute Gasteiger partial charge is 0.323 e. The van der Waals surface area contributed by atoms with Gasteiger partial charge in [0.1, 0.15) is 6.54 Å². The van der Waals surface area contributed by atoms with E-state index in [1.54, 1.807) is 11.9 Å². The maximum absolute atomic E-state index is 12.3. The van der Waals surface area contributed by atoms with E-state index in [4.69, 9.17) is 5.11 Å². The van der Waals surface area contributed by atoms with Crippen molar-refractivity contribution in [1.29, 1.82) is 0 Å². The summed E-state index contributed by atoms with van der Waals surface area (Å²) in [6.45, 7) is 5.65. The fourth-order valence-corrected chi connectivity index (χ4v) is 2.05.